The second-order valence-electron chi connectivity index (χ2n) is 8.57. The number of hydrazone groups is 1. The summed E-state index contributed by atoms with van der Waals surface area (Å²) in [4.78, 5) is 36.3. The number of amides is 1. The highest BCUT2D eigenvalue weighted by Crippen LogP contribution is 2.23. The van der Waals surface area contributed by atoms with E-state index in [0.717, 1.165) is 5.56 Å². The van der Waals surface area contributed by atoms with Crippen molar-refractivity contribution in [2.24, 2.45) is 5.10 Å². The molecule has 3 N–H and O–H groups in total. The molecule has 0 saturated heterocycles. The van der Waals surface area contributed by atoms with Crippen LogP contribution in [0.3, 0.4) is 0 Å². The Morgan fingerprint density at radius 3 is 2.09 bits per heavy atom. The average molecular weight is 434 g/mol. The first-order valence-corrected chi connectivity index (χ1v) is 10.1. The van der Waals surface area contributed by atoms with E-state index in [-0.39, 0.29) is 22.1 Å². The Bertz CT molecular complexity index is 1240. The molecular weight excluding hydrogens is 408 g/mol. The molecule has 8 nitrogen and oxygen atoms in total. The number of nitrogens with zero attached hydrogens (tertiary/aromatic N) is 2. The van der Waals surface area contributed by atoms with E-state index < -0.39 is 11.9 Å². The van der Waals surface area contributed by atoms with Crippen LogP contribution in [0.4, 0.5) is 0 Å². The van der Waals surface area contributed by atoms with Gasteiger partial charge >= 0.3 is 5.97 Å². The van der Waals surface area contributed by atoms with Crippen LogP contribution in [-0.2, 0) is 5.41 Å². The number of rotatable bonds is 5. The van der Waals surface area contributed by atoms with Crippen LogP contribution >= 0.6 is 0 Å². The van der Waals surface area contributed by atoms with E-state index in [4.69, 9.17) is 5.11 Å². The molecule has 0 fully saturated rings. The number of hydrogen-bond acceptors (Lipinski definition) is 4. The van der Waals surface area contributed by atoms with Crippen molar-refractivity contribution in [3.05, 3.63) is 86.8 Å². The molecule has 1 amide bonds. The van der Waals surface area contributed by atoms with Gasteiger partial charge in [0.25, 0.3) is 11.5 Å². The van der Waals surface area contributed by atoms with Gasteiger partial charge in [0.15, 0.2) is 0 Å². The minimum absolute atomic E-state index is 0.00963. The number of carbonyl (C=O) groups is 2. The molecule has 0 aliphatic rings. The summed E-state index contributed by atoms with van der Waals surface area (Å²) in [6.07, 6.45) is 0. The van der Waals surface area contributed by atoms with Crippen molar-refractivity contribution < 1.29 is 14.7 Å². The number of carboxylic acids is 1. The average Bonchev–Trinajstić information content (AvgIpc) is 3.05. The molecule has 32 heavy (non-hydrogen) atoms. The number of nitrogens with one attached hydrogen (secondary N) is 2. The van der Waals surface area contributed by atoms with Crippen LogP contribution in [0.2, 0.25) is 0 Å². The van der Waals surface area contributed by atoms with Crippen LogP contribution in [0.1, 0.15) is 65.2 Å². The Labute approximate surface area is 185 Å². The van der Waals surface area contributed by atoms with Crippen LogP contribution in [0, 0.1) is 6.92 Å². The van der Waals surface area contributed by atoms with E-state index in [2.05, 4.69) is 36.4 Å². The topological polar surface area (TPSA) is 117 Å². The van der Waals surface area contributed by atoms with Gasteiger partial charge in [-0.15, -0.1) is 0 Å². The molecule has 0 saturated carbocycles. The third kappa shape index (κ3) is 4.69. The smallest absolute Gasteiger partial charge is 0.335 e. The second-order valence-corrected chi connectivity index (χ2v) is 8.57. The van der Waals surface area contributed by atoms with Gasteiger partial charge in [0, 0.05) is 11.3 Å². The number of aromatic nitrogens is 2. The fraction of sp³-hybridized carbons (Fsp3) is 0.250. The lowest BCUT2D eigenvalue weighted by Gasteiger charge is -2.19. The Kier molecular flexibility index (Phi) is 6.16. The summed E-state index contributed by atoms with van der Waals surface area (Å²) in [5.41, 5.74) is 5.70. The fourth-order valence-electron chi connectivity index (χ4n) is 3.28. The lowest BCUT2D eigenvalue weighted by Crippen LogP contribution is -2.23. The molecule has 0 unspecified atom stereocenters. The maximum absolute atomic E-state index is 13.0. The summed E-state index contributed by atoms with van der Waals surface area (Å²) < 4.78 is 1.45. The number of carbonyl (C=O) groups excluding carboxylic acids is 1. The van der Waals surface area contributed by atoms with Crippen molar-refractivity contribution in [1.82, 2.24) is 15.2 Å². The molecule has 1 aromatic heterocycles. The third-order valence-corrected chi connectivity index (χ3v) is 5.14. The van der Waals surface area contributed by atoms with E-state index in [1.807, 2.05) is 24.3 Å². The minimum Gasteiger partial charge on any atom is -0.478 e. The van der Waals surface area contributed by atoms with Crippen molar-refractivity contribution in [2.45, 2.75) is 40.0 Å². The van der Waals surface area contributed by atoms with Crippen LogP contribution < -0.4 is 11.0 Å². The Balaban J connectivity index is 1.83. The molecule has 1 heterocycles. The summed E-state index contributed by atoms with van der Waals surface area (Å²) in [5, 5.41) is 16.1. The van der Waals surface area contributed by atoms with Gasteiger partial charge in [-0.2, -0.15) is 5.10 Å². The van der Waals surface area contributed by atoms with Crippen LogP contribution in [0.15, 0.2) is 58.4 Å². The standard InChI is InChI=1S/C24H26N4O4/c1-14(25-26-21(29)16-6-8-17(9-7-16)23(31)32)20-15(2)27-28(22(20)30)19-12-10-18(11-13-19)24(3,4)5/h6-13,27H,1-5H3,(H,26,29)(H,31,32). The van der Waals surface area contributed by atoms with E-state index >= 15 is 0 Å². The summed E-state index contributed by atoms with van der Waals surface area (Å²) in [7, 11) is 0. The van der Waals surface area contributed by atoms with Gasteiger partial charge in [-0.1, -0.05) is 32.9 Å². The van der Waals surface area contributed by atoms with E-state index in [9.17, 15) is 14.4 Å². The van der Waals surface area contributed by atoms with Crippen molar-refractivity contribution in [2.75, 3.05) is 0 Å². The van der Waals surface area contributed by atoms with E-state index in [1.54, 1.807) is 13.8 Å². The van der Waals surface area contributed by atoms with Crippen LogP contribution in [0.25, 0.3) is 5.69 Å². The zero-order valence-electron chi connectivity index (χ0n) is 18.7. The molecule has 166 valence electrons. The highest BCUT2D eigenvalue weighted by atomic mass is 16.4. The largest absolute Gasteiger partial charge is 0.478 e. The fourth-order valence-corrected chi connectivity index (χ4v) is 3.28. The number of carboxylic acid groups (broad SMARTS) is 1. The maximum atomic E-state index is 13.0. The predicted octanol–water partition coefficient (Wildman–Crippen LogP) is 3.62. The molecule has 8 heteroatoms. The van der Waals surface area contributed by atoms with Crippen molar-refractivity contribution in [3.8, 4) is 5.69 Å². The van der Waals surface area contributed by atoms with Gasteiger partial charge in [0.05, 0.1) is 22.5 Å². The van der Waals surface area contributed by atoms with Crippen molar-refractivity contribution >= 4 is 17.6 Å². The zero-order chi connectivity index (χ0) is 23.6. The monoisotopic (exact) mass is 434 g/mol. The van der Waals surface area contributed by atoms with Gasteiger partial charge in [-0.05, 0) is 61.2 Å². The minimum atomic E-state index is -1.07. The van der Waals surface area contributed by atoms with Gasteiger partial charge < -0.3 is 5.11 Å². The number of benzene rings is 2. The Morgan fingerprint density at radius 2 is 1.56 bits per heavy atom. The SMILES string of the molecule is CC(=NNC(=O)c1ccc(C(=O)O)cc1)c1c(C)[nH]n(-c2ccc(C(C)(C)C)cc2)c1=O. The van der Waals surface area contributed by atoms with E-state index in [1.165, 1.54) is 28.9 Å². The maximum Gasteiger partial charge on any atom is 0.335 e. The second kappa shape index (κ2) is 8.66. The van der Waals surface area contributed by atoms with E-state index in [0.29, 0.717) is 22.7 Å². The molecule has 2 aromatic carbocycles. The van der Waals surface area contributed by atoms with Crippen molar-refractivity contribution in [3.63, 3.8) is 0 Å². The molecule has 3 rings (SSSR count). The molecule has 0 radical (unpaired) electrons. The lowest BCUT2D eigenvalue weighted by molar-refractivity contribution is 0.0696. The summed E-state index contributed by atoms with van der Waals surface area (Å²) in [5.74, 6) is -1.58. The van der Waals surface area contributed by atoms with Gasteiger partial charge in [0.2, 0.25) is 0 Å². The first kappa shape index (κ1) is 22.7. The number of aryl methyl sites for hydroxylation is 1. The summed E-state index contributed by atoms with van der Waals surface area (Å²) in [6, 6.07) is 13.2. The van der Waals surface area contributed by atoms with Crippen LogP contribution in [-0.4, -0.2) is 32.5 Å². The molecule has 0 atom stereocenters. The Morgan fingerprint density at radius 1 is 1.00 bits per heavy atom. The lowest BCUT2D eigenvalue weighted by atomic mass is 9.87. The number of aromatic amines is 1. The van der Waals surface area contributed by atoms with Gasteiger partial charge in [-0.25, -0.2) is 14.9 Å². The summed E-state index contributed by atoms with van der Waals surface area (Å²) in [6.45, 7) is 9.78. The molecular formula is C24H26N4O4. The first-order valence-electron chi connectivity index (χ1n) is 10.1. The number of H-pyrrole nitrogens is 1. The molecule has 0 aliphatic carbocycles. The quantitative estimate of drug-likeness (QED) is 0.420. The third-order valence-electron chi connectivity index (χ3n) is 5.14. The molecule has 3 aromatic rings. The van der Waals surface area contributed by atoms with Gasteiger partial charge in [-0.3, -0.25) is 14.7 Å². The normalized spacial score (nSPS) is 12.0. The molecule has 0 bridgehead atoms. The number of hydrogen-bond donors (Lipinski definition) is 3. The van der Waals surface area contributed by atoms with Crippen molar-refractivity contribution in [1.29, 1.82) is 0 Å². The Hall–Kier alpha value is -3.94. The predicted molar refractivity (Wildman–Crippen MR) is 123 cm³/mol. The highest BCUT2D eigenvalue weighted by molar-refractivity contribution is 6.01. The highest BCUT2D eigenvalue weighted by Gasteiger charge is 2.17. The van der Waals surface area contributed by atoms with Crippen LogP contribution in [0.5, 0.6) is 0 Å². The molecule has 0 spiro atoms. The van der Waals surface area contributed by atoms with Gasteiger partial charge in [0.1, 0.15) is 0 Å². The number of aromatic carboxylic acids is 1. The summed E-state index contributed by atoms with van der Waals surface area (Å²) >= 11 is 0. The molecule has 0 aliphatic heterocycles. The zero-order valence-corrected chi connectivity index (χ0v) is 18.7. The first-order chi connectivity index (χ1) is 15.0.